The zero-order valence-corrected chi connectivity index (χ0v) is 32.2. The van der Waals surface area contributed by atoms with Gasteiger partial charge in [-0.05, 0) is 60.1 Å². The molecule has 3 unspecified atom stereocenters. The Morgan fingerprint density at radius 2 is 0.869 bits per heavy atom. The van der Waals surface area contributed by atoms with Gasteiger partial charge in [-0.15, -0.1) is 0 Å². The molecule has 0 radical (unpaired) electrons. The van der Waals surface area contributed by atoms with Gasteiger partial charge in [0.2, 0.25) is 0 Å². The molecule has 0 aromatic heterocycles. The third-order valence-corrected chi connectivity index (χ3v) is 9.14. The van der Waals surface area contributed by atoms with Crippen LogP contribution in [0, 0.1) is 0 Å². The number of carboxylic acids is 3. The molecule has 3 aromatic carbocycles. The first-order valence-corrected chi connectivity index (χ1v) is 19.0. The molecule has 0 spiro atoms. The van der Waals surface area contributed by atoms with Gasteiger partial charge in [0.1, 0.15) is 18.1 Å². The van der Waals surface area contributed by atoms with Crippen LogP contribution in [0.5, 0.6) is 0 Å². The van der Waals surface area contributed by atoms with E-state index in [-0.39, 0.29) is 53.5 Å². The third kappa shape index (κ3) is 20.1. The molecule has 3 aromatic rings. The Morgan fingerprint density at radius 3 is 1.28 bits per heavy atom. The van der Waals surface area contributed by atoms with Crippen LogP contribution in [0.15, 0.2) is 72.8 Å². The highest BCUT2D eigenvalue weighted by Gasteiger charge is 2.21. The van der Waals surface area contributed by atoms with E-state index in [0.717, 1.165) is 35.2 Å². The van der Waals surface area contributed by atoms with Gasteiger partial charge in [0, 0.05) is 17.7 Å². The summed E-state index contributed by atoms with van der Waals surface area (Å²) in [6, 6.07) is 19.5. The number of aryl methyl sites for hydroxylation is 1. The lowest BCUT2D eigenvalue weighted by Gasteiger charge is -2.12. The summed E-state index contributed by atoms with van der Waals surface area (Å²) in [6.45, 7) is 4.26. The molecule has 6 rings (SSSR count). The van der Waals surface area contributed by atoms with E-state index in [2.05, 4.69) is 5.32 Å². The van der Waals surface area contributed by atoms with Crippen LogP contribution < -0.4 is 22.5 Å². The first-order chi connectivity index (χ1) is 27.9. The number of ether oxygens (including phenoxy) is 6. The maximum Gasteiger partial charge on any atom is 0.320 e. The molecule has 0 bridgehead atoms. The van der Waals surface area contributed by atoms with Crippen molar-refractivity contribution in [2.45, 2.75) is 97.8 Å². The summed E-state index contributed by atoms with van der Waals surface area (Å²) >= 11 is 0. The maximum atomic E-state index is 12.0. The number of nitrogens with two attached hydrogens (primary N) is 3. The van der Waals surface area contributed by atoms with Crippen LogP contribution in [0.25, 0.3) is 0 Å². The van der Waals surface area contributed by atoms with Gasteiger partial charge >= 0.3 is 17.9 Å². The summed E-state index contributed by atoms with van der Waals surface area (Å²) < 4.78 is 31.8. The number of ketones is 1. The largest absolute Gasteiger partial charge is 0.480 e. The number of benzene rings is 3. The molecule has 0 aliphatic carbocycles. The number of aliphatic carboxylic acids is 3. The van der Waals surface area contributed by atoms with Gasteiger partial charge in [0.25, 0.3) is 0 Å². The lowest BCUT2D eigenvalue weighted by Crippen LogP contribution is -2.32. The van der Waals surface area contributed by atoms with E-state index in [9.17, 15) is 19.2 Å². The lowest BCUT2D eigenvalue weighted by atomic mass is 10.0. The molecular weight excluding hydrogens is 792 g/mol. The van der Waals surface area contributed by atoms with Crippen LogP contribution in [0.3, 0.4) is 0 Å². The Morgan fingerprint density at radius 1 is 0.525 bits per heavy atom. The second kappa shape index (κ2) is 28.7. The van der Waals surface area contributed by atoms with Gasteiger partial charge in [-0.3, -0.25) is 19.2 Å². The zero-order chi connectivity index (χ0) is 41.9. The highest BCUT2D eigenvalue weighted by atomic mass is 16.7. The first kappa shape index (κ1) is 54.2. The van der Waals surface area contributed by atoms with E-state index in [0.29, 0.717) is 64.6 Å². The molecular formula is C44H66N4O13. The van der Waals surface area contributed by atoms with Crippen LogP contribution in [-0.2, 0) is 68.5 Å². The SMILES string of the molecule is C.C.C.NC(Cc1ccc(C(=O)CC2OCCO2)cc1)C(=O)O.NC(Cc1ccc(CCC2OCCO2)cc1)C(=O)O.NC(Cc1ccc(NCC2OCCO2)cc1)C(=O)O. The third-order valence-electron chi connectivity index (χ3n) is 9.14. The maximum absolute atomic E-state index is 12.0. The van der Waals surface area contributed by atoms with Crippen LogP contribution in [0.2, 0.25) is 0 Å². The minimum Gasteiger partial charge on any atom is -0.480 e. The summed E-state index contributed by atoms with van der Waals surface area (Å²) in [7, 11) is 0. The van der Waals surface area contributed by atoms with Gasteiger partial charge in [-0.25, -0.2) is 0 Å². The first-order valence-electron chi connectivity index (χ1n) is 19.0. The van der Waals surface area contributed by atoms with E-state index in [1.165, 1.54) is 5.56 Å². The molecule has 17 nitrogen and oxygen atoms in total. The number of Topliss-reactive ketones (excluding diaryl/α,β-unsaturated/α-hetero) is 1. The molecule has 10 N–H and O–H groups in total. The molecule has 340 valence electrons. The van der Waals surface area contributed by atoms with Crippen molar-refractivity contribution in [2.75, 3.05) is 51.5 Å². The zero-order valence-electron chi connectivity index (χ0n) is 32.2. The van der Waals surface area contributed by atoms with Crippen molar-refractivity contribution < 1.29 is 62.9 Å². The molecule has 3 fully saturated rings. The van der Waals surface area contributed by atoms with Gasteiger partial charge in [0.05, 0.1) is 52.6 Å². The highest BCUT2D eigenvalue weighted by Crippen LogP contribution is 2.16. The van der Waals surface area contributed by atoms with Crippen LogP contribution in [-0.4, -0.2) is 122 Å². The van der Waals surface area contributed by atoms with Crippen molar-refractivity contribution in [1.29, 1.82) is 0 Å². The van der Waals surface area contributed by atoms with Gasteiger partial charge in [-0.2, -0.15) is 0 Å². The van der Waals surface area contributed by atoms with E-state index in [1.54, 1.807) is 24.3 Å². The minimum atomic E-state index is -1.04. The molecule has 0 saturated carbocycles. The highest BCUT2D eigenvalue weighted by molar-refractivity contribution is 5.96. The van der Waals surface area contributed by atoms with Gasteiger partial charge in [-0.1, -0.05) is 82.9 Å². The Hall–Kier alpha value is -4.82. The topological polar surface area (TPSA) is 274 Å². The quantitative estimate of drug-likeness (QED) is 0.0895. The number of nitrogens with one attached hydrogen (secondary N) is 1. The predicted molar refractivity (Wildman–Crippen MR) is 230 cm³/mol. The smallest absolute Gasteiger partial charge is 0.320 e. The number of rotatable bonds is 18. The van der Waals surface area contributed by atoms with Gasteiger partial charge in [0.15, 0.2) is 24.7 Å². The van der Waals surface area contributed by atoms with Crippen molar-refractivity contribution >= 4 is 29.4 Å². The molecule has 3 atom stereocenters. The fourth-order valence-corrected chi connectivity index (χ4v) is 5.83. The fourth-order valence-electron chi connectivity index (χ4n) is 5.83. The number of carbonyl (C=O) groups excluding carboxylic acids is 1. The standard InChI is InChI=1S/C14H17NO5.C14H19NO4.C13H18N2O4.3CH4/c15-11(14(17)18)7-9-1-3-10(4-2-9)12(16)8-13-19-5-6-20-13;15-12(14(16)17)9-11-3-1-10(2-4-11)5-6-13-18-7-8-19-13;14-11(13(16)17)7-9-1-3-10(4-2-9)15-8-12-18-5-6-19-12;;;/h1-4,11,13H,5-8,15H2,(H,17,18);1-4,12-13H,5-9,15H2,(H,16,17);1-4,11-12,15H,5-8,14H2,(H,16,17);3*1H4. The van der Waals surface area contributed by atoms with Crippen molar-refractivity contribution in [3.05, 3.63) is 101 Å². The Kier molecular flexibility index (Phi) is 25.5. The second-order valence-corrected chi connectivity index (χ2v) is 13.7. The molecule has 61 heavy (non-hydrogen) atoms. The second-order valence-electron chi connectivity index (χ2n) is 13.7. The summed E-state index contributed by atoms with van der Waals surface area (Å²) in [5.41, 5.74) is 21.7. The Bertz CT molecular complexity index is 1630. The molecule has 3 aliphatic rings. The van der Waals surface area contributed by atoms with Crippen molar-refractivity contribution in [1.82, 2.24) is 0 Å². The lowest BCUT2D eigenvalue weighted by molar-refractivity contribution is -0.139. The molecule has 3 heterocycles. The van der Waals surface area contributed by atoms with Crippen molar-refractivity contribution in [3.8, 4) is 0 Å². The number of carbonyl (C=O) groups is 4. The summed E-state index contributed by atoms with van der Waals surface area (Å²) in [5.74, 6) is -3.07. The van der Waals surface area contributed by atoms with E-state index >= 15 is 0 Å². The minimum absolute atomic E-state index is 0. The number of anilines is 1. The van der Waals surface area contributed by atoms with E-state index in [1.807, 2.05) is 48.5 Å². The normalized spacial score (nSPS) is 16.4. The van der Waals surface area contributed by atoms with E-state index < -0.39 is 42.3 Å². The molecule has 0 amide bonds. The Balaban J connectivity index is 0.000000447. The number of hydrogen-bond acceptors (Lipinski definition) is 14. The monoisotopic (exact) mass is 858 g/mol. The van der Waals surface area contributed by atoms with Gasteiger partial charge < -0.3 is 66.3 Å². The molecule has 17 heteroatoms. The average molecular weight is 859 g/mol. The molecule has 3 saturated heterocycles. The van der Waals surface area contributed by atoms with E-state index in [4.69, 9.17) is 60.9 Å². The van der Waals surface area contributed by atoms with Crippen LogP contribution in [0.1, 0.15) is 67.7 Å². The summed E-state index contributed by atoms with van der Waals surface area (Å²) in [5, 5.41) is 29.4. The Labute approximate surface area is 358 Å². The van der Waals surface area contributed by atoms with Crippen molar-refractivity contribution in [3.63, 3.8) is 0 Å². The average Bonchev–Trinajstić information content (AvgIpc) is 4.04. The van der Waals surface area contributed by atoms with Crippen LogP contribution >= 0.6 is 0 Å². The predicted octanol–water partition coefficient (Wildman–Crippen LogP) is 3.87. The summed E-state index contributed by atoms with van der Waals surface area (Å²) in [4.78, 5) is 44.0. The van der Waals surface area contributed by atoms with Crippen molar-refractivity contribution in [2.24, 2.45) is 17.2 Å². The number of carboxylic acid groups (broad SMARTS) is 3. The number of hydrogen-bond donors (Lipinski definition) is 7. The fraction of sp³-hybridized carbons (Fsp3) is 0.500. The summed E-state index contributed by atoms with van der Waals surface area (Å²) in [6.07, 6.45) is 2.09. The molecule has 3 aliphatic heterocycles. The van der Waals surface area contributed by atoms with Crippen LogP contribution in [0.4, 0.5) is 5.69 Å².